The van der Waals surface area contributed by atoms with E-state index in [1.807, 2.05) is 23.4 Å². The lowest BCUT2D eigenvalue weighted by Gasteiger charge is -2.16. The number of amides is 1. The Morgan fingerprint density at radius 2 is 2.25 bits per heavy atom. The Kier molecular flexibility index (Phi) is 4.29. The highest BCUT2D eigenvalue weighted by Crippen LogP contribution is 2.23. The Balaban J connectivity index is 2.09. The van der Waals surface area contributed by atoms with Gasteiger partial charge in [0.15, 0.2) is 0 Å². The molecule has 20 heavy (non-hydrogen) atoms. The lowest BCUT2D eigenvalue weighted by molar-refractivity contribution is -0.128. The number of nitrogens with zero attached hydrogens (tertiary/aromatic N) is 6. The van der Waals surface area contributed by atoms with Gasteiger partial charge in [-0.15, -0.1) is 0 Å². The van der Waals surface area contributed by atoms with Gasteiger partial charge in [-0.25, -0.2) is 0 Å². The Morgan fingerprint density at radius 1 is 1.50 bits per heavy atom. The van der Waals surface area contributed by atoms with Crippen molar-refractivity contribution in [1.82, 2.24) is 14.7 Å². The fraction of sp³-hybridized carbons (Fsp3) is 0.692. The number of hydrogen-bond donors (Lipinski definition) is 0. The summed E-state index contributed by atoms with van der Waals surface area (Å²) in [6, 6.07) is 0. The first kappa shape index (κ1) is 14.4. The lowest BCUT2D eigenvalue weighted by atomic mass is 10.1. The van der Waals surface area contributed by atoms with Crippen molar-refractivity contribution in [3.8, 4) is 0 Å². The first-order chi connectivity index (χ1) is 9.56. The average molecular weight is 276 g/mol. The van der Waals surface area contributed by atoms with Crippen LogP contribution in [-0.4, -0.2) is 33.7 Å². The summed E-state index contributed by atoms with van der Waals surface area (Å²) in [6.45, 7) is 8.56. The van der Waals surface area contributed by atoms with Crippen molar-refractivity contribution in [3.63, 3.8) is 0 Å². The standard InChI is InChI=1S/C13H20N6O/c1-4-19-10(3)12(9(2)16-19)8-18-7-11(5-13(18)20)6-15-17-14/h11H,4-8H2,1-3H3. The van der Waals surface area contributed by atoms with Gasteiger partial charge in [-0.2, -0.15) is 5.10 Å². The van der Waals surface area contributed by atoms with Gasteiger partial charge in [-0.3, -0.25) is 9.48 Å². The maximum absolute atomic E-state index is 12.0. The van der Waals surface area contributed by atoms with Gasteiger partial charge < -0.3 is 4.90 Å². The molecule has 0 N–H and O–H groups in total. The molecular formula is C13H20N6O. The third kappa shape index (κ3) is 2.77. The van der Waals surface area contributed by atoms with Crippen molar-refractivity contribution in [2.24, 2.45) is 11.0 Å². The molecule has 0 radical (unpaired) electrons. The SMILES string of the molecule is CCn1nc(C)c(CN2CC(CN=[N+]=[N-])CC2=O)c1C. The second kappa shape index (κ2) is 5.96. The van der Waals surface area contributed by atoms with E-state index in [0.29, 0.717) is 26.1 Å². The quantitative estimate of drug-likeness (QED) is 0.469. The second-order valence-electron chi connectivity index (χ2n) is 5.22. The van der Waals surface area contributed by atoms with Crippen molar-refractivity contribution in [3.05, 3.63) is 27.4 Å². The van der Waals surface area contributed by atoms with E-state index in [1.54, 1.807) is 0 Å². The van der Waals surface area contributed by atoms with Crippen molar-refractivity contribution < 1.29 is 4.79 Å². The fourth-order valence-corrected chi connectivity index (χ4v) is 2.74. The van der Waals surface area contributed by atoms with Crippen LogP contribution in [-0.2, 0) is 17.9 Å². The molecule has 1 saturated heterocycles. The van der Waals surface area contributed by atoms with E-state index in [4.69, 9.17) is 5.53 Å². The Hall–Kier alpha value is -2.01. The van der Waals surface area contributed by atoms with Gasteiger partial charge in [0.2, 0.25) is 5.91 Å². The molecule has 108 valence electrons. The van der Waals surface area contributed by atoms with Crippen LogP contribution in [0.3, 0.4) is 0 Å². The van der Waals surface area contributed by atoms with E-state index in [0.717, 1.165) is 23.5 Å². The Labute approximate surface area is 118 Å². The molecule has 1 aromatic rings. The lowest BCUT2D eigenvalue weighted by Crippen LogP contribution is -2.25. The van der Waals surface area contributed by atoms with Crippen LogP contribution in [0.15, 0.2) is 5.11 Å². The van der Waals surface area contributed by atoms with Crippen molar-refractivity contribution in [2.45, 2.75) is 40.3 Å². The maximum Gasteiger partial charge on any atom is 0.223 e. The van der Waals surface area contributed by atoms with Gasteiger partial charge >= 0.3 is 0 Å². The number of aromatic nitrogens is 2. The molecule has 0 aromatic carbocycles. The van der Waals surface area contributed by atoms with Gasteiger partial charge in [0.25, 0.3) is 0 Å². The van der Waals surface area contributed by atoms with E-state index >= 15 is 0 Å². The number of aryl methyl sites for hydroxylation is 2. The molecule has 1 aliphatic heterocycles. The number of hydrogen-bond acceptors (Lipinski definition) is 3. The minimum Gasteiger partial charge on any atom is -0.338 e. The first-order valence-electron chi connectivity index (χ1n) is 6.88. The molecule has 1 atom stereocenters. The predicted molar refractivity (Wildman–Crippen MR) is 74.9 cm³/mol. The fourth-order valence-electron chi connectivity index (χ4n) is 2.74. The van der Waals surface area contributed by atoms with Crippen LogP contribution < -0.4 is 0 Å². The third-order valence-electron chi connectivity index (χ3n) is 3.88. The highest BCUT2D eigenvalue weighted by Gasteiger charge is 2.30. The van der Waals surface area contributed by atoms with Gasteiger partial charge in [-0.05, 0) is 32.2 Å². The maximum atomic E-state index is 12.0. The van der Waals surface area contributed by atoms with Gasteiger partial charge in [0, 0.05) is 48.8 Å². The zero-order valence-electron chi connectivity index (χ0n) is 12.2. The summed E-state index contributed by atoms with van der Waals surface area (Å²) < 4.78 is 1.96. The average Bonchev–Trinajstić information content (AvgIpc) is 2.91. The minimum atomic E-state index is 0.131. The van der Waals surface area contributed by atoms with E-state index in [1.165, 1.54) is 0 Å². The monoisotopic (exact) mass is 276 g/mol. The van der Waals surface area contributed by atoms with Crippen LogP contribution in [0, 0.1) is 19.8 Å². The normalized spacial score (nSPS) is 18.4. The van der Waals surface area contributed by atoms with E-state index < -0.39 is 0 Å². The number of carbonyl (C=O) groups is 1. The summed E-state index contributed by atoms with van der Waals surface area (Å²) in [5.41, 5.74) is 11.6. The minimum absolute atomic E-state index is 0.131. The van der Waals surface area contributed by atoms with Crippen LogP contribution in [0.1, 0.15) is 30.3 Å². The molecule has 7 heteroatoms. The number of rotatable bonds is 5. The molecule has 1 amide bonds. The van der Waals surface area contributed by atoms with Crippen LogP contribution in [0.5, 0.6) is 0 Å². The molecule has 1 aliphatic rings. The summed E-state index contributed by atoms with van der Waals surface area (Å²) in [5.74, 6) is 0.270. The Bertz CT molecular complexity index is 557. The summed E-state index contributed by atoms with van der Waals surface area (Å²) in [4.78, 5) is 16.6. The predicted octanol–water partition coefficient (Wildman–Crippen LogP) is 2.18. The van der Waals surface area contributed by atoms with Crippen molar-refractivity contribution >= 4 is 5.91 Å². The molecule has 0 aliphatic carbocycles. The summed E-state index contributed by atoms with van der Waals surface area (Å²) in [7, 11) is 0. The topological polar surface area (TPSA) is 86.9 Å². The molecule has 2 heterocycles. The molecule has 0 spiro atoms. The van der Waals surface area contributed by atoms with Crippen LogP contribution in [0.2, 0.25) is 0 Å². The third-order valence-corrected chi connectivity index (χ3v) is 3.88. The smallest absolute Gasteiger partial charge is 0.223 e. The number of azide groups is 1. The summed E-state index contributed by atoms with van der Waals surface area (Å²) >= 11 is 0. The highest BCUT2D eigenvalue weighted by molar-refractivity contribution is 5.78. The number of likely N-dealkylation sites (tertiary alicyclic amines) is 1. The van der Waals surface area contributed by atoms with Crippen LogP contribution >= 0.6 is 0 Å². The highest BCUT2D eigenvalue weighted by atomic mass is 16.2. The molecule has 7 nitrogen and oxygen atoms in total. The molecule has 0 saturated carbocycles. The molecular weight excluding hydrogens is 256 g/mol. The van der Waals surface area contributed by atoms with Gasteiger partial charge in [0.1, 0.15) is 0 Å². The van der Waals surface area contributed by atoms with Gasteiger partial charge in [0.05, 0.1) is 5.69 Å². The molecule has 0 bridgehead atoms. The zero-order chi connectivity index (χ0) is 14.7. The summed E-state index contributed by atoms with van der Waals surface area (Å²) in [5, 5.41) is 8.04. The number of carbonyl (C=O) groups excluding carboxylic acids is 1. The first-order valence-corrected chi connectivity index (χ1v) is 6.88. The second-order valence-corrected chi connectivity index (χ2v) is 5.22. The van der Waals surface area contributed by atoms with Crippen LogP contribution in [0.25, 0.3) is 10.4 Å². The van der Waals surface area contributed by atoms with Gasteiger partial charge in [-0.1, -0.05) is 5.11 Å². The largest absolute Gasteiger partial charge is 0.338 e. The molecule has 1 fully saturated rings. The molecule has 1 unspecified atom stereocenters. The van der Waals surface area contributed by atoms with Crippen molar-refractivity contribution in [2.75, 3.05) is 13.1 Å². The molecule has 2 rings (SSSR count). The zero-order valence-corrected chi connectivity index (χ0v) is 12.2. The van der Waals surface area contributed by atoms with E-state index in [2.05, 4.69) is 22.0 Å². The van der Waals surface area contributed by atoms with Crippen molar-refractivity contribution in [1.29, 1.82) is 0 Å². The van der Waals surface area contributed by atoms with E-state index in [-0.39, 0.29) is 11.8 Å². The van der Waals surface area contributed by atoms with Crippen LogP contribution in [0.4, 0.5) is 0 Å². The van der Waals surface area contributed by atoms with E-state index in [9.17, 15) is 4.79 Å². The Morgan fingerprint density at radius 3 is 2.85 bits per heavy atom. The summed E-state index contributed by atoms with van der Waals surface area (Å²) in [6.07, 6.45) is 0.471. The molecule has 1 aromatic heterocycles.